The Morgan fingerprint density at radius 3 is 2.71 bits per heavy atom. The molecule has 76 valence electrons. The van der Waals surface area contributed by atoms with E-state index in [1.54, 1.807) is 12.1 Å². The van der Waals surface area contributed by atoms with Crippen LogP contribution in [0.3, 0.4) is 0 Å². The minimum absolute atomic E-state index is 0.0112. The van der Waals surface area contributed by atoms with Crippen LogP contribution < -0.4 is 0 Å². The van der Waals surface area contributed by atoms with E-state index in [9.17, 15) is 9.18 Å². The van der Waals surface area contributed by atoms with Crippen molar-refractivity contribution in [2.24, 2.45) is 0 Å². The van der Waals surface area contributed by atoms with Crippen molar-refractivity contribution < 1.29 is 9.18 Å². The highest BCUT2D eigenvalue weighted by Crippen LogP contribution is 2.26. The number of carbonyl (C=O) groups excluding carboxylic acids is 1. The van der Waals surface area contributed by atoms with Crippen LogP contribution in [0.5, 0.6) is 0 Å². The lowest BCUT2D eigenvalue weighted by Crippen LogP contribution is -2.02. The summed E-state index contributed by atoms with van der Waals surface area (Å²) in [5.41, 5.74) is 1.35. The Morgan fingerprint density at radius 1 is 1.57 bits per heavy atom. The summed E-state index contributed by atoms with van der Waals surface area (Å²) in [7, 11) is 0. The van der Waals surface area contributed by atoms with Gasteiger partial charge in [0.15, 0.2) is 0 Å². The maximum atomic E-state index is 13.1. The largest absolute Gasteiger partial charge is 0.298 e. The molecule has 0 aromatic heterocycles. The van der Waals surface area contributed by atoms with Gasteiger partial charge in [-0.15, -0.1) is 0 Å². The summed E-state index contributed by atoms with van der Waals surface area (Å²) < 4.78 is 13.1. The minimum Gasteiger partial charge on any atom is -0.298 e. The maximum absolute atomic E-state index is 13.1. The van der Waals surface area contributed by atoms with Gasteiger partial charge < -0.3 is 0 Å². The summed E-state index contributed by atoms with van der Waals surface area (Å²) in [5.74, 6) is -0.244. The SMILES string of the molecule is CC(=O)C(Br)c1ccc(F)c(CBr)c1. The Morgan fingerprint density at radius 2 is 2.21 bits per heavy atom. The van der Waals surface area contributed by atoms with Gasteiger partial charge in [-0.2, -0.15) is 0 Å². The van der Waals surface area contributed by atoms with Gasteiger partial charge in [0.2, 0.25) is 0 Å². The Hall–Kier alpha value is -0.220. The second kappa shape index (κ2) is 5.03. The first-order valence-electron chi connectivity index (χ1n) is 4.05. The summed E-state index contributed by atoms with van der Waals surface area (Å²) >= 11 is 6.44. The van der Waals surface area contributed by atoms with Crippen molar-refractivity contribution in [2.75, 3.05) is 0 Å². The fraction of sp³-hybridized carbons (Fsp3) is 0.300. The van der Waals surface area contributed by atoms with Crippen molar-refractivity contribution in [1.82, 2.24) is 0 Å². The molecule has 1 nitrogen and oxygen atoms in total. The molecule has 14 heavy (non-hydrogen) atoms. The van der Waals surface area contributed by atoms with Gasteiger partial charge in [-0.05, 0) is 24.1 Å². The predicted molar refractivity (Wildman–Crippen MR) is 61.4 cm³/mol. The molecule has 0 aliphatic heterocycles. The van der Waals surface area contributed by atoms with Crippen LogP contribution in [0, 0.1) is 5.82 Å². The highest BCUT2D eigenvalue weighted by atomic mass is 79.9. The van der Waals surface area contributed by atoms with Gasteiger partial charge in [-0.3, -0.25) is 4.79 Å². The number of Topliss-reactive ketones (excluding diaryl/α,β-unsaturated/α-hetero) is 1. The second-order valence-corrected chi connectivity index (χ2v) is 4.43. The molecular weight excluding hydrogens is 315 g/mol. The molecule has 0 heterocycles. The summed E-state index contributed by atoms with van der Waals surface area (Å²) in [6.45, 7) is 1.50. The normalized spacial score (nSPS) is 12.6. The van der Waals surface area contributed by atoms with Crippen LogP contribution in [-0.2, 0) is 10.1 Å². The maximum Gasteiger partial charge on any atom is 0.147 e. The van der Waals surface area contributed by atoms with E-state index in [0.29, 0.717) is 10.9 Å². The van der Waals surface area contributed by atoms with E-state index < -0.39 is 0 Å². The lowest BCUT2D eigenvalue weighted by atomic mass is 10.1. The number of ketones is 1. The van der Waals surface area contributed by atoms with Crippen molar-refractivity contribution in [3.05, 3.63) is 35.1 Å². The lowest BCUT2D eigenvalue weighted by molar-refractivity contribution is -0.116. The molecule has 0 bridgehead atoms. The Balaban J connectivity index is 3.06. The lowest BCUT2D eigenvalue weighted by Gasteiger charge is -2.08. The molecule has 1 atom stereocenters. The molecule has 1 aromatic rings. The summed E-state index contributed by atoms with van der Waals surface area (Å²) in [4.78, 5) is 10.7. The van der Waals surface area contributed by atoms with Crippen molar-refractivity contribution in [3.8, 4) is 0 Å². The average molecular weight is 324 g/mol. The third kappa shape index (κ3) is 2.64. The number of hydrogen-bond acceptors (Lipinski definition) is 1. The van der Waals surface area contributed by atoms with E-state index in [4.69, 9.17) is 0 Å². The van der Waals surface area contributed by atoms with E-state index in [-0.39, 0.29) is 16.4 Å². The summed E-state index contributed by atoms with van der Waals surface area (Å²) in [6.07, 6.45) is 0. The molecule has 1 aromatic carbocycles. The standard InChI is InChI=1S/C10H9Br2FO/c1-6(14)10(12)7-2-3-9(13)8(4-7)5-11/h2-4,10H,5H2,1H3. The zero-order valence-corrected chi connectivity index (χ0v) is 10.7. The van der Waals surface area contributed by atoms with E-state index in [0.717, 1.165) is 5.56 Å². The van der Waals surface area contributed by atoms with Crippen LogP contribution in [0.2, 0.25) is 0 Å². The molecular formula is C10H9Br2FO. The van der Waals surface area contributed by atoms with Gasteiger partial charge in [0.1, 0.15) is 11.6 Å². The van der Waals surface area contributed by atoms with Gasteiger partial charge in [0.05, 0.1) is 4.83 Å². The second-order valence-electron chi connectivity index (χ2n) is 2.96. The van der Waals surface area contributed by atoms with E-state index in [2.05, 4.69) is 31.9 Å². The first kappa shape index (κ1) is 11.9. The summed E-state index contributed by atoms with van der Waals surface area (Å²) in [6, 6.07) is 4.68. The molecule has 0 saturated carbocycles. The molecule has 0 aliphatic rings. The van der Waals surface area contributed by atoms with E-state index in [1.165, 1.54) is 13.0 Å². The van der Waals surface area contributed by atoms with Crippen LogP contribution in [0.4, 0.5) is 4.39 Å². The molecule has 0 amide bonds. The molecule has 1 unspecified atom stereocenters. The third-order valence-electron chi connectivity index (χ3n) is 1.86. The topological polar surface area (TPSA) is 17.1 Å². The van der Waals surface area contributed by atoms with E-state index >= 15 is 0 Å². The van der Waals surface area contributed by atoms with Crippen molar-refractivity contribution in [3.63, 3.8) is 0 Å². The molecule has 0 aliphatic carbocycles. The highest BCUT2D eigenvalue weighted by molar-refractivity contribution is 9.09. The number of rotatable bonds is 3. The Labute approximate surface area is 99.0 Å². The third-order valence-corrected chi connectivity index (χ3v) is 3.64. The monoisotopic (exact) mass is 322 g/mol. The number of carbonyl (C=O) groups is 1. The smallest absolute Gasteiger partial charge is 0.147 e. The molecule has 0 spiro atoms. The zero-order valence-electron chi connectivity index (χ0n) is 7.56. The van der Waals surface area contributed by atoms with Crippen LogP contribution in [-0.4, -0.2) is 5.78 Å². The molecule has 4 heteroatoms. The van der Waals surface area contributed by atoms with Crippen LogP contribution in [0.1, 0.15) is 22.9 Å². The van der Waals surface area contributed by atoms with Gasteiger partial charge >= 0.3 is 0 Å². The average Bonchev–Trinajstić information content (AvgIpc) is 2.17. The molecule has 0 radical (unpaired) electrons. The minimum atomic E-state index is -0.346. The molecule has 0 fully saturated rings. The highest BCUT2D eigenvalue weighted by Gasteiger charge is 2.13. The van der Waals surface area contributed by atoms with Crippen LogP contribution >= 0.6 is 31.9 Å². The first-order valence-corrected chi connectivity index (χ1v) is 6.08. The van der Waals surface area contributed by atoms with E-state index in [1.807, 2.05) is 0 Å². The fourth-order valence-electron chi connectivity index (χ4n) is 1.09. The first-order chi connectivity index (χ1) is 6.56. The van der Waals surface area contributed by atoms with Crippen molar-refractivity contribution >= 4 is 37.6 Å². The fourth-order valence-corrected chi connectivity index (χ4v) is 1.80. The Bertz CT molecular complexity index is 352. The van der Waals surface area contributed by atoms with Gasteiger partial charge in [0.25, 0.3) is 0 Å². The van der Waals surface area contributed by atoms with Crippen molar-refractivity contribution in [2.45, 2.75) is 17.1 Å². The van der Waals surface area contributed by atoms with Gasteiger partial charge in [-0.1, -0.05) is 44.0 Å². The number of benzene rings is 1. The molecule has 1 rings (SSSR count). The van der Waals surface area contributed by atoms with Crippen molar-refractivity contribution in [1.29, 1.82) is 0 Å². The van der Waals surface area contributed by atoms with Crippen LogP contribution in [0.25, 0.3) is 0 Å². The quantitative estimate of drug-likeness (QED) is 0.774. The number of hydrogen-bond donors (Lipinski definition) is 0. The van der Waals surface area contributed by atoms with Gasteiger partial charge in [0, 0.05) is 5.33 Å². The summed E-state index contributed by atoms with van der Waals surface area (Å²) in [5, 5.41) is 0.449. The number of halogens is 3. The number of alkyl halides is 2. The van der Waals surface area contributed by atoms with Gasteiger partial charge in [-0.25, -0.2) is 4.39 Å². The zero-order chi connectivity index (χ0) is 10.7. The predicted octanol–water partition coefficient (Wildman–Crippen LogP) is 3.75. The van der Waals surface area contributed by atoms with Crippen LogP contribution in [0.15, 0.2) is 18.2 Å². The molecule has 0 saturated heterocycles. The molecule has 0 N–H and O–H groups in total. The Kier molecular flexibility index (Phi) is 4.26.